The fourth-order valence-corrected chi connectivity index (χ4v) is 8.27. The van der Waals surface area contributed by atoms with Crippen molar-refractivity contribution >= 4 is 26.3 Å². The molecule has 0 atom stereocenters. The van der Waals surface area contributed by atoms with Gasteiger partial charge in [-0.25, -0.2) is 0 Å². The van der Waals surface area contributed by atoms with Gasteiger partial charge in [0.25, 0.3) is 0 Å². The van der Waals surface area contributed by atoms with E-state index < -0.39 is 4.25 Å². The third kappa shape index (κ3) is 4.35. The third-order valence-electron chi connectivity index (χ3n) is 3.72. The second-order valence-electron chi connectivity index (χ2n) is 4.61. The van der Waals surface area contributed by atoms with Gasteiger partial charge in [0.05, 0.1) is 0 Å². The van der Waals surface area contributed by atoms with Gasteiger partial charge >= 0.3 is 104 Å². The van der Waals surface area contributed by atoms with Crippen LogP contribution in [0.25, 0.3) is 0 Å². The summed E-state index contributed by atoms with van der Waals surface area (Å²) in [6, 6.07) is 0. The molecule has 0 spiro atoms. The van der Waals surface area contributed by atoms with Crippen molar-refractivity contribution in [1.29, 1.82) is 0 Å². The zero-order valence-corrected chi connectivity index (χ0v) is 13.5. The molecule has 0 saturated heterocycles. The van der Waals surface area contributed by atoms with E-state index in [4.69, 9.17) is 0 Å². The Morgan fingerprint density at radius 1 is 0.786 bits per heavy atom. The van der Waals surface area contributed by atoms with Gasteiger partial charge in [-0.15, -0.1) is 0 Å². The molecule has 0 rings (SSSR count). The Kier molecular flexibility index (Phi) is 7.23. The Labute approximate surface area is 104 Å². The molecule has 0 aliphatic carbocycles. The van der Waals surface area contributed by atoms with Crippen molar-refractivity contribution < 1.29 is 0 Å². The molecule has 0 heterocycles. The quantitative estimate of drug-likeness (QED) is 0.405. The summed E-state index contributed by atoms with van der Waals surface area (Å²) in [4.78, 5) is 0. The Balaban J connectivity index is 4.44. The van der Waals surface area contributed by atoms with Gasteiger partial charge in [0.1, 0.15) is 0 Å². The maximum absolute atomic E-state index is 2.91. The molecule has 0 aromatic heterocycles. The first-order chi connectivity index (χ1) is 6.54. The molecule has 0 radical (unpaired) electrons. The van der Waals surface area contributed by atoms with Crippen LogP contribution < -0.4 is 0 Å². The SMILES string of the molecule is CCCCP(I)(CC)(CC)CCCC. The predicted octanol–water partition coefficient (Wildman–Crippen LogP) is 5.53. The molecule has 0 amide bonds. The summed E-state index contributed by atoms with van der Waals surface area (Å²) in [6.45, 7) is 9.50. The van der Waals surface area contributed by atoms with E-state index >= 15 is 0 Å². The van der Waals surface area contributed by atoms with E-state index in [1.807, 2.05) is 0 Å². The molecule has 14 heavy (non-hydrogen) atoms. The van der Waals surface area contributed by atoms with Crippen LogP contribution in [0, 0.1) is 0 Å². The molecule has 0 aromatic rings. The van der Waals surface area contributed by atoms with Gasteiger partial charge in [-0.3, -0.25) is 0 Å². The summed E-state index contributed by atoms with van der Waals surface area (Å²) in [5.41, 5.74) is 0. The van der Waals surface area contributed by atoms with Crippen LogP contribution in [0.2, 0.25) is 0 Å². The van der Waals surface area contributed by atoms with Crippen LogP contribution in [0.5, 0.6) is 0 Å². The van der Waals surface area contributed by atoms with Crippen molar-refractivity contribution in [3.05, 3.63) is 0 Å². The van der Waals surface area contributed by atoms with E-state index in [1.54, 1.807) is 0 Å². The van der Waals surface area contributed by atoms with E-state index in [0.717, 1.165) is 0 Å². The summed E-state index contributed by atoms with van der Waals surface area (Å²) in [7, 11) is 0. The van der Waals surface area contributed by atoms with Crippen LogP contribution in [0.4, 0.5) is 0 Å². The van der Waals surface area contributed by atoms with E-state index in [2.05, 4.69) is 49.7 Å². The minimum atomic E-state index is -1.29. The van der Waals surface area contributed by atoms with Crippen LogP contribution in [0.1, 0.15) is 53.4 Å². The molecule has 0 saturated carbocycles. The van der Waals surface area contributed by atoms with Gasteiger partial charge < -0.3 is 0 Å². The molecule has 88 valence electrons. The Bertz CT molecular complexity index is 140. The van der Waals surface area contributed by atoms with Crippen molar-refractivity contribution in [3.8, 4) is 0 Å². The molecule has 0 bridgehead atoms. The van der Waals surface area contributed by atoms with Gasteiger partial charge in [0.2, 0.25) is 0 Å². The van der Waals surface area contributed by atoms with E-state index in [1.165, 1.54) is 50.3 Å². The number of halogens is 1. The summed E-state index contributed by atoms with van der Waals surface area (Å²) in [5.74, 6) is 0. The number of hydrogen-bond acceptors (Lipinski definition) is 0. The average molecular weight is 330 g/mol. The van der Waals surface area contributed by atoms with Gasteiger partial charge in [-0.2, -0.15) is 0 Å². The van der Waals surface area contributed by atoms with Crippen molar-refractivity contribution in [2.24, 2.45) is 0 Å². The molecule has 0 fully saturated rings. The van der Waals surface area contributed by atoms with Crippen molar-refractivity contribution in [2.75, 3.05) is 24.6 Å². The van der Waals surface area contributed by atoms with Crippen LogP contribution in [0.15, 0.2) is 0 Å². The monoisotopic (exact) mass is 330 g/mol. The first-order valence-electron chi connectivity index (χ1n) is 6.26. The molecule has 2 heteroatoms. The van der Waals surface area contributed by atoms with E-state index in [-0.39, 0.29) is 0 Å². The van der Waals surface area contributed by atoms with Crippen molar-refractivity contribution in [3.63, 3.8) is 0 Å². The zero-order chi connectivity index (χ0) is 11.1. The summed E-state index contributed by atoms with van der Waals surface area (Å²) >= 11 is 2.91. The summed E-state index contributed by atoms with van der Waals surface area (Å²) in [6.07, 6.45) is 11.6. The first-order valence-corrected chi connectivity index (χ1v) is 12.0. The molecule has 0 unspecified atom stereocenters. The van der Waals surface area contributed by atoms with E-state index in [0.29, 0.717) is 0 Å². The van der Waals surface area contributed by atoms with Gasteiger partial charge in [0.15, 0.2) is 0 Å². The fourth-order valence-electron chi connectivity index (χ4n) is 2.07. The molecule has 0 aliphatic rings. The topological polar surface area (TPSA) is 0 Å². The van der Waals surface area contributed by atoms with Crippen LogP contribution >= 0.6 is 26.3 Å². The minimum absolute atomic E-state index is 1.29. The van der Waals surface area contributed by atoms with Crippen LogP contribution in [-0.4, -0.2) is 24.6 Å². The molecule has 0 nitrogen and oxygen atoms in total. The van der Waals surface area contributed by atoms with Crippen molar-refractivity contribution in [2.45, 2.75) is 53.4 Å². The van der Waals surface area contributed by atoms with Gasteiger partial charge in [0, 0.05) is 0 Å². The second kappa shape index (κ2) is 6.68. The van der Waals surface area contributed by atoms with Crippen LogP contribution in [0.3, 0.4) is 0 Å². The summed E-state index contributed by atoms with van der Waals surface area (Å²) < 4.78 is -1.29. The molecule has 0 aliphatic heterocycles. The first kappa shape index (κ1) is 15.2. The zero-order valence-electron chi connectivity index (χ0n) is 10.5. The molecule has 0 aromatic carbocycles. The van der Waals surface area contributed by atoms with Gasteiger partial charge in [-0.1, -0.05) is 0 Å². The van der Waals surface area contributed by atoms with Crippen molar-refractivity contribution in [1.82, 2.24) is 0 Å². The number of unbranched alkanes of at least 4 members (excludes halogenated alkanes) is 2. The van der Waals surface area contributed by atoms with Gasteiger partial charge in [-0.05, 0) is 0 Å². The Hall–Kier alpha value is 1.16. The van der Waals surface area contributed by atoms with Crippen LogP contribution in [-0.2, 0) is 0 Å². The Morgan fingerprint density at radius 2 is 1.14 bits per heavy atom. The maximum atomic E-state index is 2.91. The molecular weight excluding hydrogens is 302 g/mol. The van der Waals surface area contributed by atoms with E-state index in [9.17, 15) is 0 Å². The predicted molar refractivity (Wildman–Crippen MR) is 81.6 cm³/mol. The molecular formula is C12H28IP. The fraction of sp³-hybridized carbons (Fsp3) is 1.00. The Morgan fingerprint density at radius 3 is 1.36 bits per heavy atom. The normalized spacial score (nSPS) is 15.1. The number of rotatable bonds is 8. The average Bonchev–Trinajstić information content (AvgIpc) is 2.24. The standard InChI is InChI=1S/C12H28IP/c1-5-9-11-14(13,7-3,8-4)12-10-6-2/h5-12H2,1-4H3. The molecule has 0 N–H and O–H groups in total. The summed E-state index contributed by atoms with van der Waals surface area (Å²) in [5, 5.41) is 0. The third-order valence-corrected chi connectivity index (χ3v) is 16.7. The number of hydrogen-bond donors (Lipinski definition) is 0. The second-order valence-corrected chi connectivity index (χ2v) is 18.6.